The molecule has 1 saturated carbocycles. The van der Waals surface area contributed by atoms with Crippen LogP contribution < -0.4 is 4.74 Å². The molecular weight excluding hydrogens is 206 g/mol. The lowest BCUT2D eigenvalue weighted by Crippen LogP contribution is -1.98. The van der Waals surface area contributed by atoms with Crippen LogP contribution in [0.5, 0.6) is 5.75 Å². The van der Waals surface area contributed by atoms with Crippen LogP contribution in [0.1, 0.15) is 18.4 Å². The van der Waals surface area contributed by atoms with Gasteiger partial charge in [0.15, 0.2) is 0 Å². The van der Waals surface area contributed by atoms with Gasteiger partial charge in [0.05, 0.1) is 18.1 Å². The molecule has 15 heavy (non-hydrogen) atoms. The van der Waals surface area contributed by atoms with E-state index < -0.39 is 0 Å². The second-order valence-electron chi connectivity index (χ2n) is 3.86. The van der Waals surface area contributed by atoms with E-state index in [0.717, 1.165) is 23.5 Å². The number of nitriles is 1. The van der Waals surface area contributed by atoms with Crippen LogP contribution in [0.2, 0.25) is 0 Å². The van der Waals surface area contributed by atoms with Crippen LogP contribution in [0.3, 0.4) is 0 Å². The van der Waals surface area contributed by atoms with E-state index in [4.69, 9.17) is 10.00 Å². The van der Waals surface area contributed by atoms with Gasteiger partial charge in [-0.2, -0.15) is 5.26 Å². The van der Waals surface area contributed by atoms with Gasteiger partial charge in [0.25, 0.3) is 0 Å². The molecule has 0 aromatic heterocycles. The number of hydrogen-bond donors (Lipinski definition) is 0. The van der Waals surface area contributed by atoms with E-state index in [2.05, 4.69) is 19.1 Å². The first-order valence-corrected chi connectivity index (χ1v) is 5.76. The Labute approximate surface area is 94.2 Å². The summed E-state index contributed by atoms with van der Waals surface area (Å²) in [5.74, 6) is 0.868. The van der Waals surface area contributed by atoms with Gasteiger partial charge in [-0.25, -0.2) is 0 Å². The number of nitrogens with zero attached hydrogens (tertiary/aromatic N) is 1. The summed E-state index contributed by atoms with van der Waals surface area (Å²) < 4.78 is 5.11. The third-order valence-corrected chi connectivity index (χ3v) is 3.96. The molecule has 0 heterocycles. The van der Waals surface area contributed by atoms with Crippen molar-refractivity contribution in [3.8, 4) is 11.8 Å². The van der Waals surface area contributed by atoms with Gasteiger partial charge in [-0.3, -0.25) is 0 Å². The number of hydrogen-bond acceptors (Lipinski definition) is 3. The molecule has 1 fully saturated rings. The monoisotopic (exact) mass is 219 g/mol. The topological polar surface area (TPSA) is 33.0 Å². The molecule has 2 rings (SSSR count). The third kappa shape index (κ3) is 2.10. The zero-order valence-electron chi connectivity index (χ0n) is 8.91. The van der Waals surface area contributed by atoms with E-state index in [1.165, 1.54) is 5.56 Å². The van der Waals surface area contributed by atoms with E-state index >= 15 is 0 Å². The number of ether oxygens (including phenoxy) is 1. The normalized spacial score (nSPS) is 16.9. The van der Waals surface area contributed by atoms with Crippen molar-refractivity contribution < 1.29 is 4.74 Å². The van der Waals surface area contributed by atoms with Crippen LogP contribution in [-0.2, 0) is 0 Å². The lowest BCUT2D eigenvalue weighted by Gasteiger charge is -2.11. The van der Waals surface area contributed by atoms with Crippen molar-refractivity contribution in [1.82, 2.24) is 0 Å². The third-order valence-electron chi connectivity index (χ3n) is 2.53. The second-order valence-corrected chi connectivity index (χ2v) is 5.29. The lowest BCUT2D eigenvalue weighted by atomic mass is 10.2. The summed E-state index contributed by atoms with van der Waals surface area (Å²) in [4.78, 5) is 1.08. The van der Waals surface area contributed by atoms with E-state index in [9.17, 15) is 0 Å². The molecule has 2 nitrogen and oxygen atoms in total. The summed E-state index contributed by atoms with van der Waals surface area (Å²) in [6, 6.07) is 8.45. The average Bonchev–Trinajstić information content (AvgIpc) is 2.99. The predicted octanol–water partition coefficient (Wildman–Crippen LogP) is 3.15. The number of thioether (sulfide) groups is 1. The molecule has 0 radical (unpaired) electrons. The van der Waals surface area contributed by atoms with Crippen molar-refractivity contribution in [2.75, 3.05) is 7.11 Å². The molecule has 0 saturated heterocycles. The molecule has 1 aromatic rings. The van der Waals surface area contributed by atoms with Crippen LogP contribution in [0.25, 0.3) is 0 Å². The lowest BCUT2D eigenvalue weighted by molar-refractivity contribution is 0.404. The minimum Gasteiger partial charge on any atom is -0.496 e. The smallest absolute Gasteiger partial charge is 0.132 e. The summed E-state index contributed by atoms with van der Waals surface area (Å²) in [5, 5.41) is 9.04. The van der Waals surface area contributed by atoms with Gasteiger partial charge < -0.3 is 4.74 Å². The quantitative estimate of drug-likeness (QED) is 0.783. The van der Waals surface area contributed by atoms with Gasteiger partial charge in [-0.15, -0.1) is 0 Å². The molecule has 3 heteroatoms. The van der Waals surface area contributed by atoms with Gasteiger partial charge in [-0.1, -0.05) is 17.8 Å². The molecule has 0 amide bonds. The molecule has 1 aliphatic rings. The minimum absolute atomic E-state index is 0.179. The molecule has 1 aliphatic carbocycles. The zero-order valence-corrected chi connectivity index (χ0v) is 9.73. The molecule has 0 N–H and O–H groups in total. The molecule has 0 spiro atoms. The summed E-state index contributed by atoms with van der Waals surface area (Å²) in [5.41, 5.74) is 1.20. The standard InChI is InChI=1S/C12H13NOS/c1-9-3-4-10(14-2)11(7-9)15-12(8-13)5-6-12/h3-4,7H,5-6H2,1-2H3. The van der Waals surface area contributed by atoms with E-state index in [-0.39, 0.29) is 4.75 Å². The Hall–Kier alpha value is -1.14. The van der Waals surface area contributed by atoms with Crippen molar-refractivity contribution in [3.63, 3.8) is 0 Å². The van der Waals surface area contributed by atoms with Gasteiger partial charge in [-0.05, 0) is 37.5 Å². The van der Waals surface area contributed by atoms with Crippen LogP contribution >= 0.6 is 11.8 Å². The maximum absolute atomic E-state index is 9.04. The van der Waals surface area contributed by atoms with E-state index in [0.29, 0.717) is 0 Å². The number of aryl methyl sites for hydroxylation is 1. The number of methoxy groups -OCH3 is 1. The highest BCUT2D eigenvalue weighted by Crippen LogP contribution is 2.53. The van der Waals surface area contributed by atoms with Crippen molar-refractivity contribution in [2.24, 2.45) is 0 Å². The van der Waals surface area contributed by atoms with Crippen LogP contribution in [0.15, 0.2) is 23.1 Å². The molecule has 0 aliphatic heterocycles. The Balaban J connectivity index is 2.27. The van der Waals surface area contributed by atoms with Crippen molar-refractivity contribution in [3.05, 3.63) is 23.8 Å². The molecule has 0 bridgehead atoms. The summed E-state index contributed by atoms with van der Waals surface area (Å²) in [6.45, 7) is 2.05. The first-order valence-electron chi connectivity index (χ1n) is 4.94. The van der Waals surface area contributed by atoms with Crippen LogP contribution in [0.4, 0.5) is 0 Å². The van der Waals surface area contributed by atoms with E-state index in [1.807, 2.05) is 12.1 Å². The maximum atomic E-state index is 9.04. The first kappa shape index (κ1) is 10.4. The second kappa shape index (κ2) is 3.79. The Morgan fingerprint density at radius 2 is 2.20 bits per heavy atom. The average molecular weight is 219 g/mol. The van der Waals surface area contributed by atoms with Gasteiger partial charge in [0.2, 0.25) is 0 Å². The van der Waals surface area contributed by atoms with Gasteiger partial charge >= 0.3 is 0 Å². The SMILES string of the molecule is COc1ccc(C)cc1SC1(C#N)CC1. The van der Waals surface area contributed by atoms with Crippen LogP contribution in [-0.4, -0.2) is 11.9 Å². The number of benzene rings is 1. The van der Waals surface area contributed by atoms with Gasteiger partial charge in [0.1, 0.15) is 10.5 Å². The Bertz CT molecular complexity index is 418. The van der Waals surface area contributed by atoms with Gasteiger partial charge in [0, 0.05) is 0 Å². The predicted molar refractivity (Wildman–Crippen MR) is 61.2 cm³/mol. The largest absolute Gasteiger partial charge is 0.496 e. The fourth-order valence-electron chi connectivity index (χ4n) is 1.42. The highest BCUT2D eigenvalue weighted by Gasteiger charge is 2.44. The first-order chi connectivity index (χ1) is 7.19. The molecular formula is C12H13NOS. The Morgan fingerprint density at radius 3 is 2.73 bits per heavy atom. The van der Waals surface area contributed by atoms with Crippen molar-refractivity contribution in [2.45, 2.75) is 29.4 Å². The van der Waals surface area contributed by atoms with Crippen molar-refractivity contribution >= 4 is 11.8 Å². The number of rotatable bonds is 3. The molecule has 1 aromatic carbocycles. The maximum Gasteiger partial charge on any atom is 0.132 e. The molecule has 78 valence electrons. The summed E-state index contributed by atoms with van der Waals surface area (Å²) in [6.07, 6.45) is 1.98. The van der Waals surface area contributed by atoms with Crippen LogP contribution in [0, 0.1) is 18.3 Å². The van der Waals surface area contributed by atoms with E-state index in [1.54, 1.807) is 18.9 Å². The fourth-order valence-corrected chi connectivity index (χ4v) is 2.69. The highest BCUT2D eigenvalue weighted by atomic mass is 32.2. The molecule has 0 atom stereocenters. The zero-order chi connectivity index (χ0) is 10.9. The minimum atomic E-state index is -0.179. The Morgan fingerprint density at radius 1 is 1.47 bits per heavy atom. The van der Waals surface area contributed by atoms with Crippen molar-refractivity contribution in [1.29, 1.82) is 5.26 Å². The Kier molecular flexibility index (Phi) is 2.62. The molecule has 0 unspecified atom stereocenters. The summed E-state index contributed by atoms with van der Waals surface area (Å²) in [7, 11) is 1.67. The highest BCUT2D eigenvalue weighted by molar-refractivity contribution is 8.01. The summed E-state index contributed by atoms with van der Waals surface area (Å²) >= 11 is 1.64. The fraction of sp³-hybridized carbons (Fsp3) is 0.417.